The maximum absolute atomic E-state index is 6.59. The van der Waals surface area contributed by atoms with Crippen LogP contribution in [0.1, 0.15) is 34.7 Å². The first kappa shape index (κ1) is 22.0. The summed E-state index contributed by atoms with van der Waals surface area (Å²) in [6, 6.07) is 23.8. The molecular weight excluding hydrogens is 471 g/mol. The molecule has 1 aliphatic rings. The van der Waals surface area contributed by atoms with Crippen molar-refractivity contribution in [2.75, 3.05) is 4.90 Å². The van der Waals surface area contributed by atoms with E-state index in [4.69, 9.17) is 35.4 Å². The van der Waals surface area contributed by atoms with Crippen molar-refractivity contribution >= 4 is 46.2 Å². The van der Waals surface area contributed by atoms with Crippen LogP contribution in [0, 0.1) is 13.8 Å². The van der Waals surface area contributed by atoms with E-state index in [1.165, 1.54) is 0 Å². The van der Waals surface area contributed by atoms with Crippen molar-refractivity contribution in [3.05, 3.63) is 112 Å². The Labute approximate surface area is 208 Å². The second-order valence-corrected chi connectivity index (χ2v) is 9.32. The van der Waals surface area contributed by atoms with E-state index in [0.29, 0.717) is 15.2 Å². The predicted molar refractivity (Wildman–Crippen MR) is 140 cm³/mol. The zero-order valence-corrected chi connectivity index (χ0v) is 20.5. The van der Waals surface area contributed by atoms with Gasteiger partial charge in [0.15, 0.2) is 5.11 Å². The van der Waals surface area contributed by atoms with Gasteiger partial charge in [-0.25, -0.2) is 0 Å². The quantitative estimate of drug-likeness (QED) is 0.311. The molecule has 4 nitrogen and oxygen atoms in total. The lowest BCUT2D eigenvalue weighted by Gasteiger charge is -2.28. The molecule has 2 aromatic heterocycles. The van der Waals surface area contributed by atoms with E-state index in [0.717, 1.165) is 34.0 Å². The lowest BCUT2D eigenvalue weighted by molar-refractivity contribution is 0.565. The minimum absolute atomic E-state index is 0.0826. The van der Waals surface area contributed by atoms with E-state index in [1.54, 1.807) is 6.07 Å². The normalized spacial score (nSPS) is 17.9. The van der Waals surface area contributed by atoms with Gasteiger partial charge in [0, 0.05) is 28.3 Å². The Kier molecular flexibility index (Phi) is 5.87. The summed E-state index contributed by atoms with van der Waals surface area (Å²) in [7, 11) is 0. The number of halogens is 2. The number of anilines is 1. The third kappa shape index (κ3) is 3.90. The number of aromatic nitrogens is 2. The zero-order chi connectivity index (χ0) is 23.1. The molecule has 0 saturated carbocycles. The van der Waals surface area contributed by atoms with Crippen molar-refractivity contribution < 1.29 is 0 Å². The number of hydrogen-bond donors (Lipinski definition) is 1. The van der Waals surface area contributed by atoms with Gasteiger partial charge < -0.3 is 14.8 Å². The van der Waals surface area contributed by atoms with E-state index in [-0.39, 0.29) is 12.1 Å². The Balaban J connectivity index is 1.69. The lowest BCUT2D eigenvalue weighted by Crippen LogP contribution is -2.29. The molecule has 1 saturated heterocycles. The first-order valence-electron chi connectivity index (χ1n) is 10.7. The van der Waals surface area contributed by atoms with Crippen LogP contribution >= 0.6 is 35.4 Å². The summed E-state index contributed by atoms with van der Waals surface area (Å²) in [5, 5.41) is 5.42. The van der Waals surface area contributed by atoms with Gasteiger partial charge in [-0.3, -0.25) is 4.98 Å². The molecule has 166 valence electrons. The van der Waals surface area contributed by atoms with Crippen LogP contribution in [0.25, 0.3) is 5.69 Å². The number of nitrogens with zero attached hydrogens (tertiary/aromatic N) is 3. The summed E-state index contributed by atoms with van der Waals surface area (Å²) >= 11 is 18.6. The van der Waals surface area contributed by atoms with Crippen LogP contribution in [-0.4, -0.2) is 14.7 Å². The predicted octanol–water partition coefficient (Wildman–Crippen LogP) is 6.97. The molecule has 0 aliphatic carbocycles. The van der Waals surface area contributed by atoms with Crippen LogP contribution in [0.5, 0.6) is 0 Å². The summed E-state index contributed by atoms with van der Waals surface area (Å²) in [6.07, 6.45) is 1.82. The molecule has 0 spiro atoms. The number of pyridine rings is 1. The maximum atomic E-state index is 6.59. The van der Waals surface area contributed by atoms with Crippen molar-refractivity contribution in [3.63, 3.8) is 0 Å². The van der Waals surface area contributed by atoms with Crippen molar-refractivity contribution in [1.29, 1.82) is 0 Å². The lowest BCUT2D eigenvalue weighted by atomic mass is 9.96. The average Bonchev–Trinajstić information content (AvgIpc) is 3.31. The minimum Gasteiger partial charge on any atom is -0.351 e. The minimum atomic E-state index is -0.103. The first-order chi connectivity index (χ1) is 16.0. The fourth-order valence-corrected chi connectivity index (χ4v) is 5.50. The largest absolute Gasteiger partial charge is 0.351 e. The van der Waals surface area contributed by atoms with Gasteiger partial charge in [-0.2, -0.15) is 0 Å². The first-order valence-corrected chi connectivity index (χ1v) is 11.8. The standard InChI is InChI=1S/C26H22Cl2N4S/c1-16-14-20(17(2)31(16)23-12-11-18(27)15-21(23)28)25-24(22-10-6-7-13-29-22)30-26(33)32(25)19-8-4-3-5-9-19/h3-15,24-25H,1-2H3,(H,30,33)/t24-,25-/m0/s1. The highest BCUT2D eigenvalue weighted by Gasteiger charge is 2.42. The van der Waals surface area contributed by atoms with Crippen molar-refractivity contribution in [1.82, 2.24) is 14.9 Å². The molecule has 3 heterocycles. The third-order valence-corrected chi connectivity index (χ3v) is 6.92. The molecule has 2 aromatic carbocycles. The van der Waals surface area contributed by atoms with Gasteiger partial charge >= 0.3 is 0 Å². The van der Waals surface area contributed by atoms with Crippen molar-refractivity contribution in [2.24, 2.45) is 0 Å². The Morgan fingerprint density at radius 1 is 0.939 bits per heavy atom. The molecule has 4 aromatic rings. The molecule has 1 aliphatic heterocycles. The Morgan fingerprint density at radius 3 is 2.39 bits per heavy atom. The number of thiocarbonyl (C=S) groups is 1. The number of para-hydroxylation sites is 1. The van der Waals surface area contributed by atoms with Crippen LogP contribution < -0.4 is 10.2 Å². The van der Waals surface area contributed by atoms with Crippen LogP contribution in [0.4, 0.5) is 5.69 Å². The number of aryl methyl sites for hydroxylation is 1. The third-order valence-electron chi connectivity index (χ3n) is 6.07. The number of rotatable bonds is 4. The molecule has 0 unspecified atom stereocenters. The second kappa shape index (κ2) is 8.82. The van der Waals surface area contributed by atoms with Gasteiger partial charge in [0.05, 0.1) is 28.5 Å². The van der Waals surface area contributed by atoms with Gasteiger partial charge in [0.2, 0.25) is 0 Å². The van der Waals surface area contributed by atoms with E-state index < -0.39 is 0 Å². The highest BCUT2D eigenvalue weighted by molar-refractivity contribution is 7.80. The smallest absolute Gasteiger partial charge is 0.174 e. The topological polar surface area (TPSA) is 33.1 Å². The summed E-state index contributed by atoms with van der Waals surface area (Å²) < 4.78 is 2.17. The molecule has 0 radical (unpaired) electrons. The van der Waals surface area contributed by atoms with E-state index in [9.17, 15) is 0 Å². The molecule has 0 bridgehead atoms. The fraction of sp³-hybridized carbons (Fsp3) is 0.154. The van der Waals surface area contributed by atoms with Crippen molar-refractivity contribution in [3.8, 4) is 5.69 Å². The van der Waals surface area contributed by atoms with Gasteiger partial charge in [-0.15, -0.1) is 0 Å². The monoisotopic (exact) mass is 492 g/mol. The van der Waals surface area contributed by atoms with Crippen LogP contribution in [0.2, 0.25) is 10.0 Å². The second-order valence-electron chi connectivity index (χ2n) is 8.09. The van der Waals surface area contributed by atoms with E-state index in [1.807, 2.05) is 54.7 Å². The van der Waals surface area contributed by atoms with Crippen molar-refractivity contribution in [2.45, 2.75) is 25.9 Å². The Morgan fingerprint density at radius 2 is 1.70 bits per heavy atom. The molecular formula is C26H22Cl2N4S. The Hall–Kier alpha value is -2.86. The molecule has 0 amide bonds. The zero-order valence-electron chi connectivity index (χ0n) is 18.2. The molecule has 5 rings (SSSR count). The van der Waals surface area contributed by atoms with E-state index in [2.05, 4.69) is 51.8 Å². The highest BCUT2D eigenvalue weighted by atomic mass is 35.5. The molecule has 2 atom stereocenters. The molecule has 33 heavy (non-hydrogen) atoms. The van der Waals surface area contributed by atoms with Crippen LogP contribution in [0.3, 0.4) is 0 Å². The van der Waals surface area contributed by atoms with Crippen LogP contribution in [0.15, 0.2) is 79.0 Å². The highest BCUT2D eigenvalue weighted by Crippen LogP contribution is 2.44. The maximum Gasteiger partial charge on any atom is 0.174 e. The molecule has 7 heteroatoms. The average molecular weight is 493 g/mol. The summed E-state index contributed by atoms with van der Waals surface area (Å²) in [5.74, 6) is 0. The summed E-state index contributed by atoms with van der Waals surface area (Å²) in [5.41, 5.74) is 6.21. The van der Waals surface area contributed by atoms with Gasteiger partial charge in [-0.05, 0) is 80.2 Å². The number of hydrogen-bond acceptors (Lipinski definition) is 2. The fourth-order valence-electron chi connectivity index (χ4n) is 4.66. The SMILES string of the molecule is Cc1cc([C@H]2[C@H](c3ccccn3)NC(=S)N2c2ccccc2)c(C)n1-c1ccc(Cl)cc1Cl. The number of nitrogens with one attached hydrogen (secondary N) is 1. The molecule has 1 fully saturated rings. The number of benzene rings is 2. The van der Waals surface area contributed by atoms with E-state index >= 15 is 0 Å². The van der Waals surface area contributed by atoms with Gasteiger partial charge in [0.25, 0.3) is 0 Å². The Bertz CT molecular complexity index is 1320. The summed E-state index contributed by atoms with van der Waals surface area (Å²) in [6.45, 7) is 4.21. The molecule has 1 N–H and O–H groups in total. The van der Waals surface area contributed by atoms with Gasteiger partial charge in [0.1, 0.15) is 0 Å². The van der Waals surface area contributed by atoms with Crippen LogP contribution in [-0.2, 0) is 0 Å². The summed E-state index contributed by atoms with van der Waals surface area (Å²) in [4.78, 5) is 6.83. The van der Waals surface area contributed by atoms with Gasteiger partial charge in [-0.1, -0.05) is 47.5 Å².